The fourth-order valence-electron chi connectivity index (χ4n) is 4.47. The molecule has 7 heteroatoms. The van der Waals surface area contributed by atoms with Gasteiger partial charge in [0.1, 0.15) is 11.6 Å². The average Bonchev–Trinajstić information content (AvgIpc) is 2.86. The molecule has 2 heterocycles. The van der Waals surface area contributed by atoms with Gasteiger partial charge in [0.05, 0.1) is 13.7 Å². The summed E-state index contributed by atoms with van der Waals surface area (Å²) in [6.07, 6.45) is 2.11. The van der Waals surface area contributed by atoms with E-state index in [1.54, 1.807) is 12.0 Å². The molecule has 0 aliphatic carbocycles. The molecule has 0 radical (unpaired) electrons. The number of ether oxygens (including phenoxy) is 2. The number of hydrogen-bond donors (Lipinski definition) is 0. The van der Waals surface area contributed by atoms with Gasteiger partial charge in [-0.25, -0.2) is 0 Å². The Bertz CT molecular complexity index is 1250. The molecule has 0 N–H and O–H groups in total. The highest BCUT2D eigenvalue weighted by Gasteiger charge is 2.33. The molecule has 1 aromatic heterocycles. The van der Waals surface area contributed by atoms with Gasteiger partial charge < -0.3 is 18.9 Å². The number of nitrogens with zero attached hydrogens (tertiary/aromatic N) is 3. The number of aromatic nitrogens is 2. The lowest BCUT2D eigenvalue weighted by atomic mass is 9.97. The van der Waals surface area contributed by atoms with Crippen molar-refractivity contribution >= 4 is 5.91 Å². The standard InChI is InChI=1S/C28H33N3O4/c1-5-6-16-35-26-25-28(33)30(19(2)3)14-15-31(25)24(29-27(26)32)18-21-17-22(34-4)12-13-23(21)20-10-8-7-9-11-20/h7-13,17,19H,5-6,14-16,18H2,1-4H3. The maximum absolute atomic E-state index is 13.5. The van der Waals surface area contributed by atoms with E-state index < -0.39 is 5.56 Å². The molecule has 0 fully saturated rings. The highest BCUT2D eigenvalue weighted by molar-refractivity contribution is 5.96. The first-order valence-corrected chi connectivity index (χ1v) is 12.2. The molecule has 1 aliphatic rings. The summed E-state index contributed by atoms with van der Waals surface area (Å²) in [6.45, 7) is 7.50. The summed E-state index contributed by atoms with van der Waals surface area (Å²) in [7, 11) is 1.63. The maximum atomic E-state index is 13.5. The predicted octanol–water partition coefficient (Wildman–Crippen LogP) is 4.55. The summed E-state index contributed by atoms with van der Waals surface area (Å²) in [6, 6.07) is 16.0. The van der Waals surface area contributed by atoms with Gasteiger partial charge in [-0.15, -0.1) is 0 Å². The fraction of sp³-hybridized carbons (Fsp3) is 0.393. The van der Waals surface area contributed by atoms with Crippen molar-refractivity contribution in [2.24, 2.45) is 0 Å². The second kappa shape index (κ2) is 10.8. The number of carbonyl (C=O) groups excluding carboxylic acids is 1. The third-order valence-corrected chi connectivity index (χ3v) is 6.36. The van der Waals surface area contributed by atoms with Gasteiger partial charge in [0, 0.05) is 25.6 Å². The summed E-state index contributed by atoms with van der Waals surface area (Å²) < 4.78 is 13.2. The minimum Gasteiger partial charge on any atom is -0.497 e. The van der Waals surface area contributed by atoms with E-state index in [-0.39, 0.29) is 17.7 Å². The molecule has 7 nitrogen and oxygen atoms in total. The van der Waals surface area contributed by atoms with Crippen LogP contribution in [0.3, 0.4) is 0 Å². The molecule has 0 bridgehead atoms. The Morgan fingerprint density at radius 2 is 1.83 bits per heavy atom. The van der Waals surface area contributed by atoms with E-state index in [0.717, 1.165) is 35.3 Å². The molecule has 1 amide bonds. The number of unbranched alkanes of at least 4 members (excludes halogenated alkanes) is 1. The molecule has 0 saturated carbocycles. The van der Waals surface area contributed by atoms with E-state index in [1.165, 1.54) is 0 Å². The summed E-state index contributed by atoms with van der Waals surface area (Å²) in [5.74, 6) is 1.15. The van der Waals surface area contributed by atoms with Gasteiger partial charge in [-0.2, -0.15) is 4.98 Å². The number of fused-ring (bicyclic) bond motifs is 1. The van der Waals surface area contributed by atoms with Crippen LogP contribution in [0.5, 0.6) is 11.5 Å². The predicted molar refractivity (Wildman–Crippen MR) is 136 cm³/mol. The Balaban J connectivity index is 1.83. The number of rotatable bonds is 9. The van der Waals surface area contributed by atoms with Crippen LogP contribution in [0.25, 0.3) is 11.1 Å². The first kappa shape index (κ1) is 24.5. The van der Waals surface area contributed by atoms with Crippen LogP contribution in [0.1, 0.15) is 55.5 Å². The summed E-state index contributed by atoms with van der Waals surface area (Å²) in [5, 5.41) is 0. The SMILES string of the molecule is CCCCOc1c2n(c(Cc3cc(OC)ccc3-c3ccccc3)nc1=O)CCN(C(C)C)C2=O. The molecule has 184 valence electrons. The fourth-order valence-corrected chi connectivity index (χ4v) is 4.47. The number of hydrogen-bond acceptors (Lipinski definition) is 5. The Labute approximate surface area is 206 Å². The molecular formula is C28H33N3O4. The van der Waals surface area contributed by atoms with Crippen LogP contribution in [-0.2, 0) is 13.0 Å². The summed E-state index contributed by atoms with van der Waals surface area (Å²) >= 11 is 0. The van der Waals surface area contributed by atoms with Crippen molar-refractivity contribution in [3.8, 4) is 22.6 Å². The number of amides is 1. The lowest BCUT2D eigenvalue weighted by molar-refractivity contribution is 0.0635. The van der Waals surface area contributed by atoms with E-state index in [1.807, 2.05) is 54.8 Å². The van der Waals surface area contributed by atoms with E-state index in [2.05, 4.69) is 24.0 Å². The zero-order valence-corrected chi connectivity index (χ0v) is 20.9. The van der Waals surface area contributed by atoms with Gasteiger partial charge in [-0.05, 0) is 49.1 Å². The molecule has 1 aliphatic heterocycles. The van der Waals surface area contributed by atoms with Crippen LogP contribution in [0.15, 0.2) is 53.3 Å². The first-order valence-electron chi connectivity index (χ1n) is 12.2. The van der Waals surface area contributed by atoms with E-state index in [9.17, 15) is 9.59 Å². The first-order chi connectivity index (χ1) is 16.9. The maximum Gasteiger partial charge on any atom is 0.316 e. The molecule has 0 atom stereocenters. The number of benzene rings is 2. The van der Waals surface area contributed by atoms with Gasteiger partial charge >= 0.3 is 5.56 Å². The van der Waals surface area contributed by atoms with E-state index in [0.29, 0.717) is 37.6 Å². The summed E-state index contributed by atoms with van der Waals surface area (Å²) in [5.41, 5.74) is 2.87. The third-order valence-electron chi connectivity index (χ3n) is 6.36. The molecule has 0 unspecified atom stereocenters. The molecule has 35 heavy (non-hydrogen) atoms. The van der Waals surface area contributed by atoms with Crippen molar-refractivity contribution in [3.63, 3.8) is 0 Å². The number of carbonyl (C=O) groups is 1. The highest BCUT2D eigenvalue weighted by atomic mass is 16.5. The van der Waals surface area contributed by atoms with Crippen LogP contribution in [0.2, 0.25) is 0 Å². The lowest BCUT2D eigenvalue weighted by Crippen LogP contribution is -2.46. The molecular weight excluding hydrogens is 442 g/mol. The lowest BCUT2D eigenvalue weighted by Gasteiger charge is -2.34. The largest absolute Gasteiger partial charge is 0.497 e. The Morgan fingerprint density at radius 3 is 2.51 bits per heavy atom. The van der Waals surface area contributed by atoms with Gasteiger partial charge in [-0.1, -0.05) is 49.7 Å². The van der Waals surface area contributed by atoms with Crippen molar-refractivity contribution < 1.29 is 14.3 Å². The minimum atomic E-state index is -0.495. The Kier molecular flexibility index (Phi) is 7.54. The summed E-state index contributed by atoms with van der Waals surface area (Å²) in [4.78, 5) is 32.9. The van der Waals surface area contributed by atoms with Gasteiger partial charge in [0.15, 0.2) is 5.69 Å². The zero-order valence-electron chi connectivity index (χ0n) is 20.9. The average molecular weight is 476 g/mol. The molecule has 4 rings (SSSR count). The Morgan fingerprint density at radius 1 is 1.06 bits per heavy atom. The third kappa shape index (κ3) is 5.09. The monoisotopic (exact) mass is 475 g/mol. The van der Waals surface area contributed by atoms with Crippen molar-refractivity contribution in [1.29, 1.82) is 0 Å². The van der Waals surface area contributed by atoms with Crippen LogP contribution in [-0.4, -0.2) is 46.7 Å². The molecule has 0 spiro atoms. The second-order valence-electron chi connectivity index (χ2n) is 9.02. The van der Waals surface area contributed by atoms with Crippen LogP contribution < -0.4 is 15.0 Å². The quantitative estimate of drug-likeness (QED) is 0.425. The molecule has 3 aromatic rings. The van der Waals surface area contributed by atoms with Gasteiger partial charge in [0.25, 0.3) is 5.91 Å². The van der Waals surface area contributed by atoms with E-state index >= 15 is 0 Å². The van der Waals surface area contributed by atoms with Crippen molar-refractivity contribution in [2.75, 3.05) is 20.3 Å². The Hall–Kier alpha value is -3.61. The van der Waals surface area contributed by atoms with Gasteiger partial charge in [0.2, 0.25) is 5.75 Å². The van der Waals surface area contributed by atoms with Crippen molar-refractivity contribution in [2.45, 2.75) is 52.6 Å². The topological polar surface area (TPSA) is 73.7 Å². The zero-order chi connectivity index (χ0) is 24.9. The van der Waals surface area contributed by atoms with Gasteiger partial charge in [-0.3, -0.25) is 9.59 Å². The van der Waals surface area contributed by atoms with Crippen LogP contribution >= 0.6 is 0 Å². The van der Waals surface area contributed by atoms with Crippen molar-refractivity contribution in [1.82, 2.24) is 14.5 Å². The van der Waals surface area contributed by atoms with Crippen LogP contribution in [0, 0.1) is 0 Å². The highest BCUT2D eigenvalue weighted by Crippen LogP contribution is 2.30. The van der Waals surface area contributed by atoms with E-state index in [4.69, 9.17) is 9.47 Å². The smallest absolute Gasteiger partial charge is 0.316 e. The normalized spacial score (nSPS) is 13.2. The molecule has 0 saturated heterocycles. The molecule has 2 aromatic carbocycles. The second-order valence-corrected chi connectivity index (χ2v) is 9.02. The van der Waals surface area contributed by atoms with Crippen molar-refractivity contribution in [3.05, 3.63) is 76.0 Å². The minimum absolute atomic E-state index is 0.0227. The number of methoxy groups -OCH3 is 1. The van der Waals surface area contributed by atoms with Crippen LogP contribution in [0.4, 0.5) is 0 Å².